The van der Waals surface area contributed by atoms with Gasteiger partial charge >= 0.3 is 18.0 Å². The van der Waals surface area contributed by atoms with Gasteiger partial charge in [0, 0.05) is 18.9 Å². The molecule has 17 heavy (non-hydrogen) atoms. The van der Waals surface area contributed by atoms with Gasteiger partial charge in [-0.15, -0.1) is 0 Å². The smallest absolute Gasteiger partial charge is 0.346 e. The summed E-state index contributed by atoms with van der Waals surface area (Å²) in [6.45, 7) is -0.424. The summed E-state index contributed by atoms with van der Waals surface area (Å²) in [4.78, 5) is 14.3. The third-order valence-corrected chi connectivity index (χ3v) is 1.84. The van der Waals surface area contributed by atoms with Crippen molar-refractivity contribution in [1.82, 2.24) is 10.3 Å². The predicted molar refractivity (Wildman–Crippen MR) is 47.1 cm³/mol. The maximum atomic E-state index is 12.5. The normalized spacial score (nSPS) is 12.3. The first kappa shape index (κ1) is 13.3. The van der Waals surface area contributed by atoms with Crippen molar-refractivity contribution >= 4 is 5.91 Å². The Bertz CT molecular complexity index is 390. The van der Waals surface area contributed by atoms with Crippen LogP contribution >= 0.6 is 0 Å². The van der Waals surface area contributed by atoms with Crippen LogP contribution in [0.25, 0.3) is 0 Å². The first-order valence-electron chi connectivity index (χ1n) is 4.37. The number of amides is 1. The molecule has 1 rings (SSSR count). The van der Waals surface area contributed by atoms with Gasteiger partial charge in [-0.25, -0.2) is 0 Å². The molecule has 1 N–H and O–H groups in total. The van der Waals surface area contributed by atoms with Gasteiger partial charge in [0.15, 0.2) is 0 Å². The van der Waals surface area contributed by atoms with Gasteiger partial charge in [0.2, 0.25) is 0 Å². The van der Waals surface area contributed by atoms with Crippen molar-refractivity contribution in [2.24, 2.45) is 0 Å². The maximum Gasteiger partial charge on any atom is 0.463 e. The Morgan fingerprint density at radius 1 is 1.18 bits per heavy atom. The summed E-state index contributed by atoms with van der Waals surface area (Å²) in [5.74, 6) is -7.76. The van der Waals surface area contributed by atoms with Gasteiger partial charge in [-0.3, -0.25) is 9.78 Å². The largest absolute Gasteiger partial charge is 0.463 e. The highest BCUT2D eigenvalue weighted by molar-refractivity contribution is 5.84. The number of aromatic nitrogens is 1. The second-order valence-electron chi connectivity index (χ2n) is 3.11. The fourth-order valence-electron chi connectivity index (χ4n) is 0.923. The topological polar surface area (TPSA) is 42.0 Å². The molecule has 0 aromatic carbocycles. The van der Waals surface area contributed by atoms with E-state index >= 15 is 0 Å². The van der Waals surface area contributed by atoms with Crippen molar-refractivity contribution in [3.05, 3.63) is 30.1 Å². The lowest BCUT2D eigenvalue weighted by molar-refractivity contribution is -0.269. The monoisotopic (exact) mass is 254 g/mol. The van der Waals surface area contributed by atoms with Crippen molar-refractivity contribution in [2.75, 3.05) is 0 Å². The van der Waals surface area contributed by atoms with Crippen molar-refractivity contribution in [3.8, 4) is 0 Å². The van der Waals surface area contributed by atoms with E-state index in [0.717, 1.165) is 0 Å². The Morgan fingerprint density at radius 2 is 1.71 bits per heavy atom. The molecule has 3 nitrogen and oxygen atoms in total. The Labute approximate surface area is 92.6 Å². The number of halogens is 5. The Morgan fingerprint density at radius 3 is 2.18 bits per heavy atom. The van der Waals surface area contributed by atoms with E-state index in [4.69, 9.17) is 0 Å². The van der Waals surface area contributed by atoms with Gasteiger partial charge in [0.25, 0.3) is 0 Å². The summed E-state index contributed by atoms with van der Waals surface area (Å²) in [7, 11) is 0. The van der Waals surface area contributed by atoms with Gasteiger partial charge in [-0.2, -0.15) is 22.0 Å². The standard InChI is InChI=1S/C9H7F5N2O/c10-8(11,9(12,13)14)7(17)16-5-6-1-3-15-4-2-6/h1-4H,5H2,(H,16,17). The summed E-state index contributed by atoms with van der Waals surface area (Å²) in [5, 5.41) is 1.51. The minimum atomic E-state index is -5.89. The van der Waals surface area contributed by atoms with E-state index in [2.05, 4.69) is 4.98 Å². The van der Waals surface area contributed by atoms with Gasteiger partial charge in [0.05, 0.1) is 0 Å². The molecule has 0 unspecified atom stereocenters. The van der Waals surface area contributed by atoms with Crippen LogP contribution in [0.4, 0.5) is 22.0 Å². The third kappa shape index (κ3) is 3.11. The molecule has 0 fully saturated rings. The Kier molecular flexibility index (Phi) is 3.64. The minimum absolute atomic E-state index is 0.367. The average Bonchev–Trinajstić information content (AvgIpc) is 2.25. The fourth-order valence-corrected chi connectivity index (χ4v) is 0.923. The third-order valence-electron chi connectivity index (χ3n) is 1.84. The molecule has 94 valence electrons. The van der Waals surface area contributed by atoms with E-state index in [1.54, 1.807) is 0 Å². The number of rotatable bonds is 3. The first-order valence-corrected chi connectivity index (χ1v) is 4.37. The molecule has 1 aromatic heterocycles. The first-order chi connectivity index (χ1) is 7.75. The van der Waals surface area contributed by atoms with Crippen LogP contribution in [0, 0.1) is 0 Å². The van der Waals surface area contributed by atoms with Crippen LogP contribution in [0.1, 0.15) is 5.56 Å². The van der Waals surface area contributed by atoms with E-state index in [1.807, 2.05) is 0 Å². The summed E-state index contributed by atoms with van der Waals surface area (Å²) < 4.78 is 60.3. The van der Waals surface area contributed by atoms with Crippen molar-refractivity contribution in [3.63, 3.8) is 0 Å². The van der Waals surface area contributed by atoms with Crippen molar-refractivity contribution in [1.29, 1.82) is 0 Å². The highest BCUT2D eigenvalue weighted by Crippen LogP contribution is 2.35. The number of nitrogens with one attached hydrogen (secondary N) is 1. The zero-order valence-electron chi connectivity index (χ0n) is 8.26. The molecule has 8 heteroatoms. The van der Waals surface area contributed by atoms with Gasteiger partial charge in [-0.1, -0.05) is 0 Å². The molecule has 1 amide bonds. The van der Waals surface area contributed by atoms with Crippen LogP contribution in [-0.4, -0.2) is 23.0 Å². The summed E-state index contributed by atoms with van der Waals surface area (Å²) in [5.41, 5.74) is 0.367. The molecule has 0 saturated carbocycles. The van der Waals surface area contributed by atoms with Crippen LogP contribution < -0.4 is 5.32 Å². The highest BCUT2D eigenvalue weighted by Gasteiger charge is 2.63. The molecule has 0 aliphatic carbocycles. The molecule has 0 aliphatic heterocycles. The van der Waals surface area contributed by atoms with Crippen LogP contribution in [0.3, 0.4) is 0 Å². The zero-order chi connectivity index (χ0) is 13.1. The number of alkyl halides is 5. The Balaban J connectivity index is 2.62. The number of nitrogens with zero attached hydrogens (tertiary/aromatic N) is 1. The highest BCUT2D eigenvalue weighted by atomic mass is 19.4. The van der Waals surface area contributed by atoms with Crippen LogP contribution in [0.15, 0.2) is 24.5 Å². The second-order valence-corrected chi connectivity index (χ2v) is 3.11. The van der Waals surface area contributed by atoms with Gasteiger partial charge in [0.1, 0.15) is 0 Å². The second kappa shape index (κ2) is 4.64. The van der Waals surface area contributed by atoms with Crippen LogP contribution in [0.2, 0.25) is 0 Å². The number of hydrogen-bond donors (Lipinski definition) is 1. The van der Waals surface area contributed by atoms with E-state index in [-0.39, 0.29) is 0 Å². The lowest BCUT2D eigenvalue weighted by atomic mass is 10.2. The molecule has 1 aromatic rings. The number of carbonyl (C=O) groups is 1. The molecule has 0 saturated heterocycles. The molecule has 1 heterocycles. The number of carbonyl (C=O) groups excluding carboxylic acids is 1. The zero-order valence-corrected chi connectivity index (χ0v) is 8.26. The molecule has 0 spiro atoms. The summed E-state index contributed by atoms with van der Waals surface area (Å²) in [6, 6.07) is 2.76. The van der Waals surface area contributed by atoms with E-state index in [1.165, 1.54) is 29.8 Å². The van der Waals surface area contributed by atoms with Gasteiger partial charge in [-0.05, 0) is 17.7 Å². The van der Waals surface area contributed by atoms with Crippen molar-refractivity contribution < 1.29 is 26.7 Å². The lowest BCUT2D eigenvalue weighted by Crippen LogP contribution is -2.50. The molecule has 0 aliphatic rings. The van der Waals surface area contributed by atoms with Gasteiger partial charge < -0.3 is 5.32 Å². The van der Waals surface area contributed by atoms with Crippen molar-refractivity contribution in [2.45, 2.75) is 18.6 Å². The average molecular weight is 254 g/mol. The quantitative estimate of drug-likeness (QED) is 0.837. The van der Waals surface area contributed by atoms with Crippen LogP contribution in [0.5, 0.6) is 0 Å². The number of hydrogen-bond acceptors (Lipinski definition) is 2. The SMILES string of the molecule is O=C(NCc1ccncc1)C(F)(F)C(F)(F)F. The summed E-state index contributed by atoms with van der Waals surface area (Å²) in [6.07, 6.45) is -3.25. The molecule has 0 bridgehead atoms. The molecule has 0 radical (unpaired) electrons. The summed E-state index contributed by atoms with van der Waals surface area (Å²) >= 11 is 0. The fraction of sp³-hybridized carbons (Fsp3) is 0.333. The molecule has 0 atom stereocenters. The minimum Gasteiger partial charge on any atom is -0.346 e. The van der Waals surface area contributed by atoms with Crippen LogP contribution in [-0.2, 0) is 11.3 Å². The Hall–Kier alpha value is -1.73. The number of pyridine rings is 1. The maximum absolute atomic E-state index is 12.5. The molecular formula is C9H7F5N2O. The predicted octanol–water partition coefficient (Wildman–Crippen LogP) is 1.90. The van der Waals surface area contributed by atoms with E-state index in [9.17, 15) is 26.7 Å². The lowest BCUT2D eigenvalue weighted by Gasteiger charge is -2.18. The van der Waals surface area contributed by atoms with E-state index < -0.39 is 24.6 Å². The molecular weight excluding hydrogens is 247 g/mol. The van der Waals surface area contributed by atoms with E-state index in [0.29, 0.717) is 5.56 Å².